The maximum Gasteiger partial charge on any atom is 0.261 e. The summed E-state index contributed by atoms with van der Waals surface area (Å²) in [6, 6.07) is 13.0. The number of unbranched alkanes of at least 4 members (excludes halogenated alkanes) is 3. The lowest BCUT2D eigenvalue weighted by atomic mass is 9.98. The fourth-order valence-corrected chi connectivity index (χ4v) is 11.2. The number of carbonyl (C=O) groups is 2. The minimum Gasteiger partial charge on any atom is -0.340 e. The normalized spacial score (nSPS) is 16.1. The Hall–Kier alpha value is -4.08. The minimum atomic E-state index is -0.0278. The molecule has 3 unspecified atom stereocenters. The first-order chi connectivity index (χ1) is 28.6. The smallest absolute Gasteiger partial charge is 0.261 e. The third kappa shape index (κ3) is 8.61. The lowest BCUT2D eigenvalue weighted by molar-refractivity contribution is -0.124. The summed E-state index contributed by atoms with van der Waals surface area (Å²) in [7, 11) is 0. The van der Waals surface area contributed by atoms with Gasteiger partial charge in [-0.25, -0.2) is 0 Å². The van der Waals surface area contributed by atoms with Crippen LogP contribution in [0.4, 0.5) is 0 Å². The molecule has 314 valence electrons. The van der Waals surface area contributed by atoms with Gasteiger partial charge >= 0.3 is 0 Å². The van der Waals surface area contributed by atoms with Crippen molar-refractivity contribution in [3.63, 3.8) is 0 Å². The number of thiophene rings is 2. The van der Waals surface area contributed by atoms with E-state index in [0.717, 1.165) is 113 Å². The highest BCUT2D eigenvalue weighted by atomic mass is 32.1. The third-order valence-corrected chi connectivity index (χ3v) is 15.1. The lowest BCUT2D eigenvalue weighted by Gasteiger charge is -2.29. The molecule has 0 saturated carbocycles. The Balaban J connectivity index is 1.36. The van der Waals surface area contributed by atoms with Gasteiger partial charge < -0.3 is 14.4 Å². The Morgan fingerprint density at radius 3 is 1.56 bits per heavy atom. The number of rotatable bonds is 21. The van der Waals surface area contributed by atoms with Gasteiger partial charge in [-0.15, -0.1) is 22.7 Å². The van der Waals surface area contributed by atoms with Gasteiger partial charge in [0.25, 0.3) is 11.8 Å². The van der Waals surface area contributed by atoms with E-state index in [-0.39, 0.29) is 11.8 Å². The van der Waals surface area contributed by atoms with E-state index >= 15 is 9.59 Å². The summed E-state index contributed by atoms with van der Waals surface area (Å²) in [5.41, 5.74) is 7.11. The molecule has 59 heavy (non-hydrogen) atoms. The van der Waals surface area contributed by atoms with E-state index in [1.165, 1.54) is 35.2 Å². The van der Waals surface area contributed by atoms with E-state index < -0.39 is 0 Å². The zero-order valence-corrected chi connectivity index (χ0v) is 38.5. The van der Waals surface area contributed by atoms with Gasteiger partial charge in [0.05, 0.1) is 53.9 Å². The van der Waals surface area contributed by atoms with Gasteiger partial charge in [-0.3, -0.25) is 19.6 Å². The molecule has 0 fully saturated rings. The van der Waals surface area contributed by atoms with Crippen LogP contribution in [0.2, 0.25) is 0 Å². The Morgan fingerprint density at radius 1 is 0.576 bits per heavy atom. The van der Waals surface area contributed by atoms with Crippen LogP contribution >= 0.6 is 22.7 Å². The first kappa shape index (κ1) is 43.0. The van der Waals surface area contributed by atoms with E-state index in [2.05, 4.69) is 96.4 Å². The SMILES string of the molecule is CCCCC(CC)CN1C(=O)C2=C(c3ccc(-c4cc5c(cn4)c4cnc(C)cc4n5CC(CC)CCCC)s3)N(CC(CC)CCCC)C(=O)C2=C1c1ccc(C)s1. The molecule has 7 nitrogen and oxygen atoms in total. The van der Waals surface area contributed by atoms with Crippen LogP contribution in [0.15, 0.2) is 59.9 Å². The van der Waals surface area contributed by atoms with E-state index in [4.69, 9.17) is 9.97 Å². The first-order valence-corrected chi connectivity index (χ1v) is 24.3. The average Bonchev–Trinajstić information content (AvgIpc) is 4.06. The van der Waals surface area contributed by atoms with Gasteiger partial charge in [-0.2, -0.15) is 0 Å². The highest BCUT2D eigenvalue weighted by molar-refractivity contribution is 7.16. The van der Waals surface area contributed by atoms with Gasteiger partial charge in [0.15, 0.2) is 0 Å². The van der Waals surface area contributed by atoms with Crippen LogP contribution in [0, 0.1) is 31.6 Å². The topological polar surface area (TPSA) is 71.3 Å². The molecule has 2 amide bonds. The maximum atomic E-state index is 15.1. The van der Waals surface area contributed by atoms with Crippen molar-refractivity contribution in [3.8, 4) is 10.6 Å². The van der Waals surface area contributed by atoms with Gasteiger partial charge in [0.1, 0.15) is 0 Å². The number of pyridine rings is 2. The molecule has 2 aliphatic heterocycles. The molecular formula is C50H65N5O2S2. The molecule has 3 atom stereocenters. The quantitative estimate of drug-likeness (QED) is 0.0738. The molecule has 0 saturated heterocycles. The molecule has 5 aromatic heterocycles. The molecule has 0 N–H and O–H groups in total. The van der Waals surface area contributed by atoms with Crippen LogP contribution in [0.5, 0.6) is 0 Å². The highest BCUT2D eigenvalue weighted by Gasteiger charge is 2.50. The molecule has 7 heterocycles. The zero-order valence-electron chi connectivity index (χ0n) is 36.8. The van der Waals surface area contributed by atoms with Crippen LogP contribution in [0.3, 0.4) is 0 Å². The second kappa shape index (κ2) is 19.1. The number of carbonyl (C=O) groups excluding carboxylic acids is 2. The summed E-state index contributed by atoms with van der Waals surface area (Å²) < 4.78 is 2.51. The molecule has 0 aliphatic carbocycles. The summed E-state index contributed by atoms with van der Waals surface area (Å²) in [5.74, 6) is 1.24. The summed E-state index contributed by atoms with van der Waals surface area (Å²) in [5, 5.41) is 2.27. The Kier molecular flexibility index (Phi) is 13.9. The fraction of sp³-hybridized carbons (Fsp3) is 0.520. The second-order valence-corrected chi connectivity index (χ2v) is 19.5. The average molecular weight is 832 g/mol. The first-order valence-electron chi connectivity index (χ1n) is 22.7. The number of amides is 2. The number of hydrogen-bond donors (Lipinski definition) is 0. The molecular weight excluding hydrogens is 767 g/mol. The number of fused-ring (bicyclic) bond motifs is 4. The molecule has 0 radical (unpaired) electrons. The van der Waals surface area contributed by atoms with Crippen molar-refractivity contribution in [1.29, 1.82) is 0 Å². The van der Waals surface area contributed by atoms with Crippen LogP contribution in [0.25, 0.3) is 43.8 Å². The highest BCUT2D eigenvalue weighted by Crippen LogP contribution is 2.50. The third-order valence-electron chi connectivity index (χ3n) is 13.0. The van der Waals surface area contributed by atoms with Crippen LogP contribution in [0.1, 0.15) is 139 Å². The number of hydrogen-bond acceptors (Lipinski definition) is 6. The molecule has 0 bridgehead atoms. The monoisotopic (exact) mass is 831 g/mol. The summed E-state index contributed by atoms with van der Waals surface area (Å²) in [6.07, 6.45) is 17.4. The summed E-state index contributed by atoms with van der Waals surface area (Å²) in [6.45, 7) is 19.9. The fourth-order valence-electron chi connectivity index (χ4n) is 9.26. The summed E-state index contributed by atoms with van der Waals surface area (Å²) >= 11 is 3.33. The maximum absolute atomic E-state index is 15.1. The second-order valence-electron chi connectivity index (χ2n) is 17.1. The van der Waals surface area contributed by atoms with Crippen molar-refractivity contribution in [2.24, 2.45) is 17.8 Å². The number of aryl methyl sites for hydroxylation is 2. The van der Waals surface area contributed by atoms with Gasteiger partial charge in [0.2, 0.25) is 0 Å². The van der Waals surface area contributed by atoms with E-state index in [0.29, 0.717) is 42.0 Å². The van der Waals surface area contributed by atoms with Crippen LogP contribution in [-0.4, -0.2) is 49.2 Å². The van der Waals surface area contributed by atoms with E-state index in [9.17, 15) is 0 Å². The van der Waals surface area contributed by atoms with Gasteiger partial charge in [0, 0.05) is 53.4 Å². The molecule has 7 rings (SSSR count). The predicted octanol–water partition coefficient (Wildman–Crippen LogP) is 13.4. The molecule has 0 aromatic carbocycles. The van der Waals surface area contributed by atoms with E-state index in [1.54, 1.807) is 22.7 Å². The van der Waals surface area contributed by atoms with Crippen LogP contribution < -0.4 is 0 Å². The standard InChI is InChI=1S/C50H65N5O2S2/c1-9-15-18-34(12-4)29-53-40-25-32(7)51-27-37(40)38-28-52-39(26-41(38)53)42-23-24-44(59-42)48-46-45(49(56)55(48)31-36(14-6)20-17-11-3)47(43-22-21-33(8)58-43)54(50(46)57)30-35(13-5)19-16-10-2/h21-28,34-36H,9-20,29-31H2,1-8H3. The van der Waals surface area contributed by atoms with E-state index in [1.807, 2.05) is 22.2 Å². The van der Waals surface area contributed by atoms with Crippen molar-refractivity contribution < 1.29 is 9.59 Å². The lowest BCUT2D eigenvalue weighted by Crippen LogP contribution is -2.34. The summed E-state index contributed by atoms with van der Waals surface area (Å²) in [4.78, 5) is 48.1. The van der Waals surface area contributed by atoms with Crippen LogP contribution in [-0.2, 0) is 16.1 Å². The van der Waals surface area contributed by atoms with Crippen molar-refractivity contribution in [1.82, 2.24) is 24.3 Å². The van der Waals surface area contributed by atoms with Crippen molar-refractivity contribution in [3.05, 3.63) is 80.3 Å². The predicted molar refractivity (Wildman–Crippen MR) is 249 cm³/mol. The van der Waals surface area contributed by atoms with Crippen molar-refractivity contribution in [2.75, 3.05) is 13.1 Å². The minimum absolute atomic E-state index is 0.0278. The van der Waals surface area contributed by atoms with Gasteiger partial charge in [-0.1, -0.05) is 99.3 Å². The largest absolute Gasteiger partial charge is 0.340 e. The molecule has 0 spiro atoms. The number of nitrogens with zero attached hydrogens (tertiary/aromatic N) is 5. The molecule has 2 aliphatic rings. The Labute approximate surface area is 360 Å². The molecule has 5 aromatic rings. The zero-order chi connectivity index (χ0) is 41.8. The van der Waals surface area contributed by atoms with Gasteiger partial charge in [-0.05, 0) is 87.3 Å². The molecule has 9 heteroatoms. The number of aromatic nitrogens is 3. The Morgan fingerprint density at radius 2 is 1.05 bits per heavy atom. The Bertz CT molecular complexity index is 2360. The van der Waals surface area contributed by atoms with Crippen molar-refractivity contribution >= 4 is 67.7 Å². The van der Waals surface area contributed by atoms with Crippen molar-refractivity contribution in [2.45, 2.75) is 139 Å².